The fourth-order valence-electron chi connectivity index (χ4n) is 3.55. The first-order valence-corrected chi connectivity index (χ1v) is 10.8. The highest BCUT2D eigenvalue weighted by Gasteiger charge is 2.26. The van der Waals surface area contributed by atoms with Crippen LogP contribution in [0.2, 0.25) is 0 Å². The highest BCUT2D eigenvalue weighted by molar-refractivity contribution is 7.09. The van der Waals surface area contributed by atoms with Crippen molar-refractivity contribution in [1.29, 1.82) is 0 Å². The first-order chi connectivity index (χ1) is 13.9. The van der Waals surface area contributed by atoms with Gasteiger partial charge in [0, 0.05) is 29.8 Å². The minimum absolute atomic E-state index is 0.125. The van der Waals surface area contributed by atoms with E-state index >= 15 is 0 Å². The van der Waals surface area contributed by atoms with Crippen LogP contribution in [0.3, 0.4) is 0 Å². The van der Waals surface area contributed by atoms with Gasteiger partial charge in [-0.05, 0) is 31.9 Å². The number of esters is 1. The molecular formula is C20H26N6O2S. The van der Waals surface area contributed by atoms with E-state index in [-0.39, 0.29) is 11.4 Å². The summed E-state index contributed by atoms with van der Waals surface area (Å²) < 4.78 is 6.90. The lowest BCUT2D eigenvalue weighted by Crippen LogP contribution is -2.34. The first kappa shape index (κ1) is 19.8. The van der Waals surface area contributed by atoms with E-state index in [1.807, 2.05) is 16.6 Å². The number of nitrogens with zero attached hydrogens (tertiary/aromatic N) is 6. The molecule has 1 fully saturated rings. The van der Waals surface area contributed by atoms with Crippen molar-refractivity contribution < 1.29 is 9.53 Å². The Morgan fingerprint density at radius 3 is 2.69 bits per heavy atom. The lowest BCUT2D eigenvalue weighted by Gasteiger charge is -2.31. The standard InChI is InChI=1S/C20H26N6O2S/c1-5-28-18(27)14-12-29-17(21-14)13-8-10-25(11-9-13)16-7-6-15-22-23-19(20(2,3)4)26(15)24-16/h6-7,12-13H,5,8-11H2,1-4H3. The van der Waals surface area contributed by atoms with Gasteiger partial charge in [-0.15, -0.1) is 26.6 Å². The average molecular weight is 415 g/mol. The number of piperidine rings is 1. The van der Waals surface area contributed by atoms with E-state index in [2.05, 4.69) is 40.9 Å². The molecule has 0 atom stereocenters. The average Bonchev–Trinajstić information content (AvgIpc) is 3.35. The van der Waals surface area contributed by atoms with E-state index in [0.29, 0.717) is 18.2 Å². The number of aromatic nitrogens is 5. The molecule has 4 heterocycles. The third-order valence-corrected chi connectivity index (χ3v) is 6.10. The Morgan fingerprint density at radius 2 is 2.00 bits per heavy atom. The van der Waals surface area contributed by atoms with Crippen LogP contribution in [0.4, 0.5) is 5.82 Å². The topological polar surface area (TPSA) is 85.5 Å². The van der Waals surface area contributed by atoms with Crippen LogP contribution >= 0.6 is 11.3 Å². The molecule has 0 aliphatic carbocycles. The van der Waals surface area contributed by atoms with Gasteiger partial charge in [-0.25, -0.2) is 9.78 Å². The molecule has 0 aromatic carbocycles. The number of fused-ring (bicyclic) bond motifs is 1. The summed E-state index contributed by atoms with van der Waals surface area (Å²) in [4.78, 5) is 18.7. The van der Waals surface area contributed by atoms with Gasteiger partial charge in [-0.1, -0.05) is 20.8 Å². The molecule has 3 aromatic rings. The van der Waals surface area contributed by atoms with Gasteiger partial charge in [0.2, 0.25) is 0 Å². The largest absolute Gasteiger partial charge is 0.461 e. The fourth-order valence-corrected chi connectivity index (χ4v) is 4.51. The molecule has 0 N–H and O–H groups in total. The van der Waals surface area contributed by atoms with Crippen LogP contribution in [0.15, 0.2) is 17.5 Å². The van der Waals surface area contributed by atoms with Gasteiger partial charge in [0.1, 0.15) is 5.82 Å². The van der Waals surface area contributed by atoms with Crippen LogP contribution in [-0.4, -0.2) is 50.5 Å². The second-order valence-corrected chi connectivity index (χ2v) is 9.18. The first-order valence-electron chi connectivity index (χ1n) is 9.97. The number of hydrogen-bond donors (Lipinski definition) is 0. The molecule has 0 bridgehead atoms. The van der Waals surface area contributed by atoms with Crippen molar-refractivity contribution in [3.8, 4) is 0 Å². The van der Waals surface area contributed by atoms with Crippen molar-refractivity contribution in [1.82, 2.24) is 24.8 Å². The normalized spacial score (nSPS) is 15.8. The summed E-state index contributed by atoms with van der Waals surface area (Å²) in [5.41, 5.74) is 1.06. The van der Waals surface area contributed by atoms with Crippen LogP contribution in [0.1, 0.15) is 67.8 Å². The zero-order valence-electron chi connectivity index (χ0n) is 17.3. The van der Waals surface area contributed by atoms with Crippen molar-refractivity contribution >= 4 is 28.8 Å². The molecule has 8 nitrogen and oxygen atoms in total. The lowest BCUT2D eigenvalue weighted by molar-refractivity contribution is 0.0520. The van der Waals surface area contributed by atoms with Crippen molar-refractivity contribution in [3.05, 3.63) is 34.0 Å². The highest BCUT2D eigenvalue weighted by atomic mass is 32.1. The van der Waals surface area contributed by atoms with Gasteiger partial charge in [0.05, 0.1) is 11.6 Å². The molecule has 9 heteroatoms. The van der Waals surface area contributed by atoms with E-state index < -0.39 is 0 Å². The second-order valence-electron chi connectivity index (χ2n) is 8.29. The Kier molecular flexibility index (Phi) is 5.24. The van der Waals surface area contributed by atoms with Gasteiger partial charge in [-0.2, -0.15) is 4.52 Å². The third kappa shape index (κ3) is 3.96. The number of carbonyl (C=O) groups excluding carboxylic acids is 1. The van der Waals surface area contributed by atoms with Crippen LogP contribution in [0, 0.1) is 0 Å². The Balaban J connectivity index is 1.46. The number of ether oxygens (including phenoxy) is 1. The van der Waals surface area contributed by atoms with Crippen LogP contribution in [0.25, 0.3) is 5.65 Å². The maximum atomic E-state index is 11.9. The molecule has 29 heavy (non-hydrogen) atoms. The van der Waals surface area contributed by atoms with Gasteiger partial charge in [0.15, 0.2) is 17.2 Å². The minimum Gasteiger partial charge on any atom is -0.461 e. The van der Waals surface area contributed by atoms with Crippen molar-refractivity contribution in [3.63, 3.8) is 0 Å². The summed E-state index contributed by atoms with van der Waals surface area (Å²) >= 11 is 1.55. The second kappa shape index (κ2) is 7.70. The third-order valence-electron chi connectivity index (χ3n) is 5.09. The quantitative estimate of drug-likeness (QED) is 0.605. The SMILES string of the molecule is CCOC(=O)c1csc(C2CCN(c3ccc4nnc(C(C)(C)C)n4n3)CC2)n1. The van der Waals surface area contributed by atoms with Crippen molar-refractivity contribution in [2.75, 3.05) is 24.6 Å². The molecule has 0 spiro atoms. The molecule has 1 saturated heterocycles. The fraction of sp³-hybridized carbons (Fsp3) is 0.550. The smallest absolute Gasteiger partial charge is 0.357 e. The number of thiazole rings is 1. The summed E-state index contributed by atoms with van der Waals surface area (Å²) in [5.74, 6) is 1.82. The van der Waals surface area contributed by atoms with Gasteiger partial charge >= 0.3 is 5.97 Å². The molecule has 154 valence electrons. The maximum absolute atomic E-state index is 11.9. The van der Waals surface area contributed by atoms with Crippen molar-refractivity contribution in [2.24, 2.45) is 0 Å². The molecule has 3 aromatic heterocycles. The molecule has 1 aliphatic heterocycles. The summed E-state index contributed by atoms with van der Waals surface area (Å²) in [6.45, 7) is 10.3. The predicted octanol–water partition coefficient (Wildman–Crippen LogP) is 3.44. The Morgan fingerprint density at radius 1 is 1.24 bits per heavy atom. The van der Waals surface area contributed by atoms with Gasteiger partial charge in [0.25, 0.3) is 0 Å². The van der Waals surface area contributed by atoms with E-state index in [4.69, 9.17) is 9.84 Å². The molecule has 4 rings (SSSR count). The Bertz CT molecular complexity index is 1010. The number of carbonyl (C=O) groups is 1. The molecular weight excluding hydrogens is 388 g/mol. The number of hydrogen-bond acceptors (Lipinski definition) is 8. The Labute approximate surface area is 173 Å². The van der Waals surface area contributed by atoms with Crippen LogP contribution in [0.5, 0.6) is 0 Å². The zero-order chi connectivity index (χ0) is 20.6. The lowest BCUT2D eigenvalue weighted by atomic mass is 9.96. The molecule has 0 saturated carbocycles. The summed E-state index contributed by atoms with van der Waals surface area (Å²) in [5, 5.41) is 16.2. The van der Waals surface area contributed by atoms with Crippen LogP contribution < -0.4 is 4.90 Å². The van der Waals surface area contributed by atoms with Gasteiger partial charge in [-0.3, -0.25) is 0 Å². The summed E-state index contributed by atoms with van der Waals surface area (Å²) in [7, 11) is 0. The molecule has 0 radical (unpaired) electrons. The van der Waals surface area contributed by atoms with Crippen molar-refractivity contribution in [2.45, 2.75) is 51.9 Å². The van der Waals surface area contributed by atoms with E-state index in [0.717, 1.165) is 48.2 Å². The monoisotopic (exact) mass is 414 g/mol. The van der Waals surface area contributed by atoms with Gasteiger partial charge < -0.3 is 9.64 Å². The summed E-state index contributed by atoms with van der Waals surface area (Å²) in [6.07, 6.45) is 1.95. The maximum Gasteiger partial charge on any atom is 0.357 e. The van der Waals surface area contributed by atoms with E-state index in [9.17, 15) is 4.79 Å². The molecule has 0 unspecified atom stereocenters. The number of anilines is 1. The minimum atomic E-state index is -0.339. The van der Waals surface area contributed by atoms with Crippen LogP contribution in [-0.2, 0) is 10.2 Å². The summed E-state index contributed by atoms with van der Waals surface area (Å²) in [6, 6.07) is 3.99. The predicted molar refractivity (Wildman–Crippen MR) is 112 cm³/mol. The Hall–Kier alpha value is -2.55. The molecule has 0 amide bonds. The number of rotatable bonds is 4. The van der Waals surface area contributed by atoms with E-state index in [1.165, 1.54) is 0 Å². The van der Waals surface area contributed by atoms with E-state index in [1.54, 1.807) is 23.6 Å². The molecule has 1 aliphatic rings. The zero-order valence-corrected chi connectivity index (χ0v) is 18.1. The highest BCUT2D eigenvalue weighted by Crippen LogP contribution is 2.32.